The van der Waals surface area contributed by atoms with Crippen molar-refractivity contribution < 1.29 is 17.9 Å². The van der Waals surface area contributed by atoms with Gasteiger partial charge in [0.1, 0.15) is 10.7 Å². The highest BCUT2D eigenvalue weighted by Gasteiger charge is 2.29. The molecule has 146 valence electrons. The van der Waals surface area contributed by atoms with Crippen LogP contribution in [0.15, 0.2) is 35.4 Å². The van der Waals surface area contributed by atoms with Crippen molar-refractivity contribution >= 4 is 33.3 Å². The molecule has 1 aliphatic heterocycles. The molecule has 10 heteroatoms. The molecule has 1 aromatic carbocycles. The van der Waals surface area contributed by atoms with Gasteiger partial charge in [0, 0.05) is 31.3 Å². The Bertz CT molecular complexity index is 923. The SMILES string of the molecule is CCCn1nccc1NC(=O)c1ccc(Cl)c(S(=O)(=O)N2CCOCC2)c1. The number of rotatable bonds is 6. The second kappa shape index (κ2) is 8.39. The molecule has 0 spiro atoms. The van der Waals surface area contributed by atoms with Crippen molar-refractivity contribution in [2.45, 2.75) is 24.8 Å². The molecule has 1 aliphatic rings. The molecule has 0 aliphatic carbocycles. The number of hydrogen-bond donors (Lipinski definition) is 1. The number of ether oxygens (including phenoxy) is 1. The van der Waals surface area contributed by atoms with Crippen LogP contribution in [0.3, 0.4) is 0 Å². The predicted molar refractivity (Wildman–Crippen MR) is 102 cm³/mol. The van der Waals surface area contributed by atoms with Crippen LogP contribution >= 0.6 is 11.6 Å². The van der Waals surface area contributed by atoms with Gasteiger partial charge >= 0.3 is 0 Å². The van der Waals surface area contributed by atoms with Gasteiger partial charge in [0.25, 0.3) is 5.91 Å². The molecule has 1 N–H and O–H groups in total. The number of halogens is 1. The average Bonchev–Trinajstić information content (AvgIpc) is 3.09. The minimum atomic E-state index is -3.80. The first kappa shape index (κ1) is 19.8. The number of morpholine rings is 1. The Balaban J connectivity index is 1.86. The summed E-state index contributed by atoms with van der Waals surface area (Å²) in [5, 5.41) is 6.99. The number of benzene rings is 1. The van der Waals surface area contributed by atoms with Crippen LogP contribution in [-0.4, -0.2) is 54.7 Å². The lowest BCUT2D eigenvalue weighted by molar-refractivity contribution is 0.0730. The van der Waals surface area contributed by atoms with Crippen LogP contribution in [0.2, 0.25) is 5.02 Å². The number of carbonyl (C=O) groups is 1. The van der Waals surface area contributed by atoms with Gasteiger partial charge in [0.15, 0.2) is 0 Å². The molecular formula is C17H21ClN4O4S. The molecule has 1 fully saturated rings. The molecule has 0 saturated carbocycles. The van der Waals surface area contributed by atoms with Crippen molar-refractivity contribution in [1.29, 1.82) is 0 Å². The van der Waals surface area contributed by atoms with E-state index in [1.165, 1.54) is 22.5 Å². The molecule has 2 aromatic rings. The smallest absolute Gasteiger partial charge is 0.256 e. The van der Waals surface area contributed by atoms with E-state index in [1.54, 1.807) is 16.9 Å². The Morgan fingerprint density at radius 3 is 2.74 bits per heavy atom. The van der Waals surface area contributed by atoms with E-state index in [2.05, 4.69) is 10.4 Å². The van der Waals surface area contributed by atoms with Gasteiger partial charge in [0.05, 0.1) is 24.4 Å². The Labute approximate surface area is 163 Å². The predicted octanol–water partition coefficient (Wildman–Crippen LogP) is 2.22. The summed E-state index contributed by atoms with van der Waals surface area (Å²) in [4.78, 5) is 12.5. The fraction of sp³-hybridized carbons (Fsp3) is 0.412. The van der Waals surface area contributed by atoms with Crippen molar-refractivity contribution in [3.8, 4) is 0 Å². The van der Waals surface area contributed by atoms with Crippen LogP contribution in [0.4, 0.5) is 5.82 Å². The number of nitrogens with zero attached hydrogens (tertiary/aromatic N) is 3. The van der Waals surface area contributed by atoms with Crippen LogP contribution in [0, 0.1) is 0 Å². The number of anilines is 1. The van der Waals surface area contributed by atoms with Gasteiger partial charge in [-0.25, -0.2) is 13.1 Å². The molecule has 3 rings (SSSR count). The molecule has 0 unspecified atom stereocenters. The zero-order chi connectivity index (χ0) is 19.4. The van der Waals surface area contributed by atoms with Gasteiger partial charge in [-0.15, -0.1) is 0 Å². The van der Waals surface area contributed by atoms with Crippen molar-refractivity contribution in [2.75, 3.05) is 31.6 Å². The maximum absolute atomic E-state index is 12.9. The standard InChI is InChI=1S/C17H21ClN4O4S/c1-2-7-22-16(5-6-19-22)20-17(23)13-3-4-14(18)15(12-13)27(24,25)21-8-10-26-11-9-21/h3-6,12H,2,7-11H2,1H3,(H,20,23). The lowest BCUT2D eigenvalue weighted by atomic mass is 10.2. The van der Waals surface area contributed by atoms with Crippen molar-refractivity contribution in [3.63, 3.8) is 0 Å². The first-order chi connectivity index (χ1) is 12.9. The Hall–Kier alpha value is -1.94. The largest absolute Gasteiger partial charge is 0.379 e. The monoisotopic (exact) mass is 412 g/mol. The summed E-state index contributed by atoms with van der Waals surface area (Å²) in [5.74, 6) is 0.123. The Morgan fingerprint density at radius 1 is 1.30 bits per heavy atom. The van der Waals surface area contributed by atoms with Gasteiger partial charge in [-0.1, -0.05) is 18.5 Å². The van der Waals surface area contributed by atoms with Crippen molar-refractivity contribution in [3.05, 3.63) is 41.0 Å². The van der Waals surface area contributed by atoms with Crippen LogP contribution in [-0.2, 0) is 21.3 Å². The summed E-state index contributed by atoms with van der Waals surface area (Å²) in [6, 6.07) is 5.92. The molecule has 0 radical (unpaired) electrons. The van der Waals surface area contributed by atoms with E-state index in [9.17, 15) is 13.2 Å². The minimum Gasteiger partial charge on any atom is -0.379 e. The quantitative estimate of drug-likeness (QED) is 0.785. The highest BCUT2D eigenvalue weighted by molar-refractivity contribution is 7.89. The number of aryl methyl sites for hydroxylation is 1. The van der Waals surface area contributed by atoms with E-state index in [-0.39, 0.29) is 28.6 Å². The van der Waals surface area contributed by atoms with Gasteiger partial charge < -0.3 is 10.1 Å². The van der Waals surface area contributed by atoms with E-state index >= 15 is 0 Å². The molecule has 1 saturated heterocycles. The van der Waals surface area contributed by atoms with Crippen LogP contribution in [0.25, 0.3) is 0 Å². The highest BCUT2D eigenvalue weighted by Crippen LogP contribution is 2.27. The molecule has 0 bridgehead atoms. The fourth-order valence-corrected chi connectivity index (χ4v) is 4.69. The molecule has 27 heavy (non-hydrogen) atoms. The summed E-state index contributed by atoms with van der Waals surface area (Å²) < 4.78 is 34.0. The average molecular weight is 413 g/mol. The Morgan fingerprint density at radius 2 is 2.04 bits per heavy atom. The molecular weight excluding hydrogens is 392 g/mol. The second-order valence-electron chi connectivity index (χ2n) is 6.06. The summed E-state index contributed by atoms with van der Waals surface area (Å²) in [6.07, 6.45) is 2.47. The number of nitrogens with one attached hydrogen (secondary N) is 1. The minimum absolute atomic E-state index is 0.0778. The van der Waals surface area contributed by atoms with Gasteiger partial charge in [-0.2, -0.15) is 9.40 Å². The fourth-order valence-electron chi connectivity index (χ4n) is 2.79. The van der Waals surface area contributed by atoms with Crippen molar-refractivity contribution in [1.82, 2.24) is 14.1 Å². The van der Waals surface area contributed by atoms with Crippen LogP contribution in [0.5, 0.6) is 0 Å². The van der Waals surface area contributed by atoms with E-state index in [0.717, 1.165) is 6.42 Å². The lowest BCUT2D eigenvalue weighted by Gasteiger charge is -2.26. The van der Waals surface area contributed by atoms with Crippen molar-refractivity contribution in [2.24, 2.45) is 0 Å². The second-order valence-corrected chi connectivity index (χ2v) is 8.37. The maximum atomic E-state index is 12.9. The molecule has 8 nitrogen and oxygen atoms in total. The third kappa shape index (κ3) is 4.32. The summed E-state index contributed by atoms with van der Waals surface area (Å²) >= 11 is 6.13. The van der Waals surface area contributed by atoms with Crippen LogP contribution in [0.1, 0.15) is 23.7 Å². The number of sulfonamides is 1. The number of hydrogen-bond acceptors (Lipinski definition) is 5. The number of amides is 1. The number of aromatic nitrogens is 2. The van der Waals surface area contributed by atoms with E-state index in [1.807, 2.05) is 6.92 Å². The summed E-state index contributed by atoms with van der Waals surface area (Å²) in [5.41, 5.74) is 0.204. The zero-order valence-corrected chi connectivity index (χ0v) is 16.5. The molecule has 1 amide bonds. The van der Waals surface area contributed by atoms with Crippen LogP contribution < -0.4 is 5.32 Å². The van der Waals surface area contributed by atoms with E-state index < -0.39 is 15.9 Å². The first-order valence-electron chi connectivity index (χ1n) is 8.64. The normalized spacial score (nSPS) is 15.6. The molecule has 0 atom stereocenters. The number of carbonyl (C=O) groups excluding carboxylic acids is 1. The van der Waals surface area contributed by atoms with E-state index in [0.29, 0.717) is 25.6 Å². The summed E-state index contributed by atoms with van der Waals surface area (Å²) in [7, 11) is -3.80. The topological polar surface area (TPSA) is 93.5 Å². The van der Waals surface area contributed by atoms with Gasteiger partial charge in [-0.05, 0) is 24.6 Å². The third-order valence-corrected chi connectivity index (χ3v) is 6.56. The van der Waals surface area contributed by atoms with E-state index in [4.69, 9.17) is 16.3 Å². The zero-order valence-electron chi connectivity index (χ0n) is 14.9. The Kier molecular flexibility index (Phi) is 6.15. The van der Waals surface area contributed by atoms with Gasteiger partial charge in [-0.3, -0.25) is 4.79 Å². The lowest BCUT2D eigenvalue weighted by Crippen LogP contribution is -2.40. The highest BCUT2D eigenvalue weighted by atomic mass is 35.5. The molecule has 1 aromatic heterocycles. The van der Waals surface area contributed by atoms with Gasteiger partial charge in [0.2, 0.25) is 10.0 Å². The third-order valence-electron chi connectivity index (χ3n) is 4.17. The first-order valence-corrected chi connectivity index (χ1v) is 10.5. The summed E-state index contributed by atoms with van der Waals surface area (Å²) in [6.45, 7) is 3.85. The molecule has 2 heterocycles. The maximum Gasteiger partial charge on any atom is 0.256 e.